The molecule has 2 N–H and O–H groups in total. The number of carboxylic acid groups (broad SMARTS) is 1. The number of rotatable bonds is 4. The maximum Gasteiger partial charge on any atom is 0.431 e. The average Bonchev–Trinajstić information content (AvgIpc) is 2.28. The van der Waals surface area contributed by atoms with E-state index in [1.165, 1.54) is 0 Å². The Bertz CT molecular complexity index is 353. The van der Waals surface area contributed by atoms with Crippen molar-refractivity contribution >= 4 is 12.1 Å². The van der Waals surface area contributed by atoms with Gasteiger partial charge in [0, 0.05) is 0 Å². The molecule has 0 saturated heterocycles. The number of hydrogen-bond acceptors (Lipinski definition) is 4. The van der Waals surface area contributed by atoms with E-state index in [-0.39, 0.29) is 6.42 Å². The number of hydroxylamine groups is 1. The summed E-state index contributed by atoms with van der Waals surface area (Å²) in [6, 6.07) is 0. The zero-order valence-electron chi connectivity index (χ0n) is 12.7. The Morgan fingerprint density at radius 1 is 1.30 bits per heavy atom. The molecule has 116 valence electrons. The zero-order chi connectivity index (χ0) is 15.4. The summed E-state index contributed by atoms with van der Waals surface area (Å²) in [4.78, 5) is 28.0. The SMILES string of the molecule is CC1CCC(CC(=O)O)(ONC(=O)OC(C)(C)C)CC1. The molecule has 6 nitrogen and oxygen atoms in total. The van der Waals surface area contributed by atoms with Crippen LogP contribution in [0.2, 0.25) is 0 Å². The van der Waals surface area contributed by atoms with Gasteiger partial charge in [0.05, 0.1) is 6.42 Å². The molecule has 0 aliphatic heterocycles. The molecule has 1 aliphatic carbocycles. The molecule has 0 spiro atoms. The molecule has 1 fully saturated rings. The summed E-state index contributed by atoms with van der Waals surface area (Å²) in [6.45, 7) is 7.39. The second kappa shape index (κ2) is 6.43. The van der Waals surface area contributed by atoms with E-state index in [0.717, 1.165) is 12.8 Å². The van der Waals surface area contributed by atoms with Crippen LogP contribution in [0.1, 0.15) is 59.8 Å². The van der Waals surface area contributed by atoms with Gasteiger partial charge in [-0.2, -0.15) is 5.48 Å². The van der Waals surface area contributed by atoms with Crippen LogP contribution < -0.4 is 5.48 Å². The fourth-order valence-electron chi connectivity index (χ4n) is 2.33. The molecular formula is C14H25NO5. The Kier molecular flexibility index (Phi) is 5.39. The van der Waals surface area contributed by atoms with Crippen molar-refractivity contribution in [2.24, 2.45) is 5.92 Å². The van der Waals surface area contributed by atoms with Crippen molar-refractivity contribution in [3.63, 3.8) is 0 Å². The molecule has 1 saturated carbocycles. The molecule has 1 amide bonds. The van der Waals surface area contributed by atoms with Crippen molar-refractivity contribution in [2.75, 3.05) is 0 Å². The molecule has 0 aromatic heterocycles. The Morgan fingerprint density at radius 3 is 2.30 bits per heavy atom. The van der Waals surface area contributed by atoms with Gasteiger partial charge in [0.2, 0.25) is 0 Å². The normalized spacial score (nSPS) is 26.9. The Hall–Kier alpha value is -1.30. The summed E-state index contributed by atoms with van der Waals surface area (Å²) in [5.74, 6) is -0.368. The monoisotopic (exact) mass is 287 g/mol. The third kappa shape index (κ3) is 5.77. The first kappa shape index (κ1) is 16.8. The van der Waals surface area contributed by atoms with Crippen molar-refractivity contribution in [3.05, 3.63) is 0 Å². The molecule has 0 bridgehead atoms. The quantitative estimate of drug-likeness (QED) is 0.777. The van der Waals surface area contributed by atoms with E-state index in [4.69, 9.17) is 14.7 Å². The van der Waals surface area contributed by atoms with Crippen molar-refractivity contribution in [1.29, 1.82) is 0 Å². The van der Waals surface area contributed by atoms with E-state index in [1.807, 2.05) is 0 Å². The number of ether oxygens (including phenoxy) is 1. The van der Waals surface area contributed by atoms with Gasteiger partial charge < -0.3 is 9.84 Å². The van der Waals surface area contributed by atoms with Gasteiger partial charge in [-0.3, -0.25) is 9.63 Å². The smallest absolute Gasteiger partial charge is 0.431 e. The summed E-state index contributed by atoms with van der Waals surface area (Å²) in [5.41, 5.74) is 0.805. The fourth-order valence-corrected chi connectivity index (χ4v) is 2.33. The van der Waals surface area contributed by atoms with Gasteiger partial charge in [0.25, 0.3) is 0 Å². The highest BCUT2D eigenvalue weighted by molar-refractivity contribution is 5.68. The van der Waals surface area contributed by atoms with E-state index in [2.05, 4.69) is 12.4 Å². The molecular weight excluding hydrogens is 262 g/mol. The van der Waals surface area contributed by atoms with Crippen LogP contribution in [-0.4, -0.2) is 28.4 Å². The minimum absolute atomic E-state index is 0.116. The minimum atomic E-state index is -0.925. The van der Waals surface area contributed by atoms with E-state index < -0.39 is 23.3 Å². The minimum Gasteiger partial charge on any atom is -0.481 e. The molecule has 6 heteroatoms. The van der Waals surface area contributed by atoms with E-state index in [0.29, 0.717) is 18.8 Å². The van der Waals surface area contributed by atoms with Crippen LogP contribution in [0.25, 0.3) is 0 Å². The zero-order valence-corrected chi connectivity index (χ0v) is 12.7. The van der Waals surface area contributed by atoms with Crippen LogP contribution in [0.5, 0.6) is 0 Å². The predicted molar refractivity (Wildman–Crippen MR) is 73.1 cm³/mol. The second-order valence-corrected chi connectivity index (χ2v) is 6.64. The third-order valence-electron chi connectivity index (χ3n) is 3.41. The van der Waals surface area contributed by atoms with Gasteiger partial charge in [-0.15, -0.1) is 0 Å². The average molecular weight is 287 g/mol. The first-order valence-electron chi connectivity index (χ1n) is 7.01. The van der Waals surface area contributed by atoms with E-state index in [1.54, 1.807) is 20.8 Å². The number of hydrogen-bond donors (Lipinski definition) is 2. The van der Waals surface area contributed by atoms with Gasteiger partial charge in [-0.1, -0.05) is 6.92 Å². The molecule has 1 aliphatic rings. The lowest BCUT2D eigenvalue weighted by Crippen LogP contribution is -2.45. The van der Waals surface area contributed by atoms with Crippen molar-refractivity contribution < 1.29 is 24.3 Å². The number of amides is 1. The van der Waals surface area contributed by atoms with Crippen LogP contribution in [0, 0.1) is 5.92 Å². The molecule has 1 rings (SSSR count). The van der Waals surface area contributed by atoms with Crippen LogP contribution >= 0.6 is 0 Å². The Labute approximate surface area is 119 Å². The van der Waals surface area contributed by atoms with Gasteiger partial charge in [-0.25, -0.2) is 4.79 Å². The predicted octanol–water partition coefficient (Wildman–Crippen LogP) is 2.87. The number of nitrogens with one attached hydrogen (secondary N) is 1. The Morgan fingerprint density at radius 2 is 1.85 bits per heavy atom. The van der Waals surface area contributed by atoms with Gasteiger partial charge in [-0.05, 0) is 52.4 Å². The van der Waals surface area contributed by atoms with Gasteiger partial charge in [0.1, 0.15) is 11.2 Å². The number of carbonyl (C=O) groups is 2. The lowest BCUT2D eigenvalue weighted by Gasteiger charge is -2.37. The number of carbonyl (C=O) groups excluding carboxylic acids is 1. The van der Waals surface area contributed by atoms with Crippen molar-refractivity contribution in [2.45, 2.75) is 71.0 Å². The fraction of sp³-hybridized carbons (Fsp3) is 0.857. The number of aliphatic carboxylic acids is 1. The topological polar surface area (TPSA) is 84.9 Å². The van der Waals surface area contributed by atoms with Gasteiger partial charge >= 0.3 is 12.1 Å². The molecule has 0 heterocycles. The first-order chi connectivity index (χ1) is 9.12. The summed E-state index contributed by atoms with van der Waals surface area (Å²) in [6.07, 6.45) is 2.22. The molecule has 20 heavy (non-hydrogen) atoms. The lowest BCUT2D eigenvalue weighted by atomic mass is 9.78. The first-order valence-corrected chi connectivity index (χ1v) is 7.01. The van der Waals surface area contributed by atoms with Crippen molar-refractivity contribution in [1.82, 2.24) is 5.48 Å². The third-order valence-corrected chi connectivity index (χ3v) is 3.41. The number of carboxylic acids is 1. The molecule has 0 atom stereocenters. The highest BCUT2D eigenvalue weighted by Gasteiger charge is 2.39. The van der Waals surface area contributed by atoms with Gasteiger partial charge in [0.15, 0.2) is 0 Å². The molecule has 0 aromatic rings. The van der Waals surface area contributed by atoms with Crippen molar-refractivity contribution in [3.8, 4) is 0 Å². The Balaban J connectivity index is 2.57. The summed E-state index contributed by atoms with van der Waals surface area (Å²) < 4.78 is 5.08. The van der Waals surface area contributed by atoms with Crippen LogP contribution in [0.3, 0.4) is 0 Å². The van der Waals surface area contributed by atoms with E-state index in [9.17, 15) is 9.59 Å². The molecule has 0 aromatic carbocycles. The summed E-state index contributed by atoms with van der Waals surface area (Å²) in [7, 11) is 0. The summed E-state index contributed by atoms with van der Waals surface area (Å²) in [5, 5.41) is 9.02. The van der Waals surface area contributed by atoms with E-state index >= 15 is 0 Å². The van der Waals surface area contributed by atoms with Crippen LogP contribution in [0.15, 0.2) is 0 Å². The highest BCUT2D eigenvalue weighted by atomic mass is 16.7. The molecule has 0 unspecified atom stereocenters. The maximum absolute atomic E-state index is 11.6. The summed E-state index contributed by atoms with van der Waals surface area (Å²) >= 11 is 0. The second-order valence-electron chi connectivity index (χ2n) is 6.64. The highest BCUT2D eigenvalue weighted by Crippen LogP contribution is 2.36. The standard InChI is InChI=1S/C14H25NO5/c1-10-5-7-14(8-6-10,9-11(16)17)20-15-12(18)19-13(2,3)4/h10H,5-9H2,1-4H3,(H,15,18)(H,16,17). The maximum atomic E-state index is 11.6. The largest absolute Gasteiger partial charge is 0.481 e. The van der Waals surface area contributed by atoms with Crippen LogP contribution in [-0.2, 0) is 14.4 Å². The van der Waals surface area contributed by atoms with Crippen LogP contribution in [0.4, 0.5) is 4.79 Å². The molecule has 0 radical (unpaired) electrons. The lowest BCUT2D eigenvalue weighted by molar-refractivity contribution is -0.160.